The largest absolute Gasteiger partial charge is 1.00 e. The number of rotatable bonds is 2. The number of imide groups is 1. The predicted molar refractivity (Wildman–Crippen MR) is 36.6 cm³/mol. The van der Waals surface area contributed by atoms with Crippen LogP contribution in [0.5, 0.6) is 0 Å². The van der Waals surface area contributed by atoms with Gasteiger partial charge in [-0.2, -0.15) is 0 Å². The molecule has 0 saturated carbocycles. The second-order valence-electron chi connectivity index (χ2n) is 2.60. The van der Waals surface area contributed by atoms with Crippen molar-refractivity contribution in [1.29, 1.82) is 0 Å². The number of nitrogens with zero attached hydrogens (tertiary/aromatic N) is 1. The molecule has 9 heteroatoms. The van der Waals surface area contributed by atoms with E-state index in [1.165, 1.54) is 0 Å². The van der Waals surface area contributed by atoms with Gasteiger partial charge in [-0.1, -0.05) is 0 Å². The fraction of sp³-hybridized carbons (Fsp3) is 0.600. The van der Waals surface area contributed by atoms with E-state index >= 15 is 0 Å². The van der Waals surface area contributed by atoms with Crippen LogP contribution < -0.4 is 51.4 Å². The monoisotopic (exact) mass is 235 g/mol. The molecule has 0 spiro atoms. The molecule has 1 saturated heterocycles. The number of morpholine rings is 1. The van der Waals surface area contributed by atoms with Crippen LogP contribution >= 0.6 is 0 Å². The minimum atomic E-state index is -5.16. The summed E-state index contributed by atoms with van der Waals surface area (Å²) in [6, 6.07) is 0. The Morgan fingerprint density at radius 2 is 1.64 bits per heavy atom. The van der Waals surface area contributed by atoms with Gasteiger partial charge in [-0.15, -0.1) is 0 Å². The van der Waals surface area contributed by atoms with Crippen LogP contribution in [0.15, 0.2) is 0 Å². The number of amides is 2. The zero-order valence-corrected chi connectivity index (χ0v) is 10.6. The first kappa shape index (κ1) is 14.6. The smallest absolute Gasteiger partial charge is 0.448 e. The third-order valence-corrected chi connectivity index (χ3v) is 1.44. The van der Waals surface area contributed by atoms with Crippen molar-refractivity contribution in [3.05, 3.63) is 0 Å². The van der Waals surface area contributed by atoms with Crippen LogP contribution in [0.4, 0.5) is 12.9 Å². The van der Waals surface area contributed by atoms with Crippen molar-refractivity contribution in [3.8, 4) is 0 Å². The molecule has 0 atom stereocenters. The maximum atomic E-state index is 11.9. The molecule has 1 aliphatic rings. The first-order valence-corrected chi connectivity index (χ1v) is 3.52. The van der Waals surface area contributed by atoms with Crippen LogP contribution in [0, 0.1) is 0 Å². The minimum Gasteiger partial charge on any atom is -0.448 e. The van der Waals surface area contributed by atoms with Crippen LogP contribution in [-0.4, -0.2) is 43.3 Å². The molecule has 0 N–H and O–H groups in total. The summed E-state index contributed by atoms with van der Waals surface area (Å²) in [5.41, 5.74) is 0. The zero-order chi connectivity index (χ0) is 10.1. The van der Waals surface area contributed by atoms with E-state index in [1.54, 1.807) is 0 Å². The van der Waals surface area contributed by atoms with Gasteiger partial charge in [0.25, 0.3) is 11.8 Å². The Morgan fingerprint density at radius 3 is 2.00 bits per heavy atom. The molecule has 74 valence electrons. The van der Waals surface area contributed by atoms with E-state index in [1.807, 2.05) is 0 Å². The molecule has 1 aliphatic heterocycles. The quantitative estimate of drug-likeness (QED) is 0.373. The van der Waals surface area contributed by atoms with Crippen LogP contribution in [0.3, 0.4) is 0 Å². The molecule has 0 unspecified atom stereocenters. The van der Waals surface area contributed by atoms with Crippen molar-refractivity contribution in [3.63, 3.8) is 0 Å². The molecule has 0 aromatic heterocycles. The second kappa shape index (κ2) is 5.61. The zero-order valence-electron chi connectivity index (χ0n) is 7.50. The normalized spacial score (nSPS) is 18.1. The van der Waals surface area contributed by atoms with Crippen LogP contribution in [-0.2, 0) is 14.3 Å². The number of hydrogen-bond acceptors (Lipinski definition) is 3. The third-order valence-electron chi connectivity index (χ3n) is 1.44. The molecule has 2 amide bonds. The van der Waals surface area contributed by atoms with Gasteiger partial charge in [0.15, 0.2) is 0 Å². The number of hydrogen-bond donors (Lipinski definition) is 0. The van der Waals surface area contributed by atoms with E-state index < -0.39 is 38.4 Å². The summed E-state index contributed by atoms with van der Waals surface area (Å²) in [6.07, 6.45) is -1.47. The van der Waals surface area contributed by atoms with Crippen molar-refractivity contribution in [2.75, 3.05) is 19.7 Å². The van der Waals surface area contributed by atoms with Gasteiger partial charge >= 0.3 is 58.4 Å². The Kier molecular flexibility index (Phi) is 5.85. The maximum absolute atomic E-state index is 11.9. The number of ether oxygens (including phenoxy) is 1. The summed E-state index contributed by atoms with van der Waals surface area (Å²) >= 11 is 0. The Morgan fingerprint density at radius 1 is 1.21 bits per heavy atom. The van der Waals surface area contributed by atoms with Crippen molar-refractivity contribution in [2.24, 2.45) is 0 Å². The molecule has 0 aliphatic carbocycles. The Hall–Kier alpha value is 0.591. The van der Waals surface area contributed by atoms with Crippen molar-refractivity contribution >= 4 is 18.8 Å². The molecule has 1 fully saturated rings. The van der Waals surface area contributed by atoms with Crippen LogP contribution in [0.2, 0.25) is 0 Å². The Bertz CT molecular complexity index is 231. The average Bonchev–Trinajstić information content (AvgIpc) is 1.95. The van der Waals surface area contributed by atoms with Crippen molar-refractivity contribution in [2.45, 2.75) is 0 Å². The van der Waals surface area contributed by atoms with Gasteiger partial charge in [-0.05, 0) is 6.44 Å². The summed E-state index contributed by atoms with van der Waals surface area (Å²) in [5.74, 6) is -1.87. The Balaban J connectivity index is 0.00000169. The molecular formula is C5H6BF3KNO3. The van der Waals surface area contributed by atoms with Gasteiger partial charge < -0.3 is 22.6 Å². The maximum Gasteiger partial charge on any atom is 1.00 e. The molecule has 1 heterocycles. The summed E-state index contributed by atoms with van der Waals surface area (Å²) < 4.78 is 40.0. The summed E-state index contributed by atoms with van der Waals surface area (Å²) in [6.45, 7) is -6.08. The van der Waals surface area contributed by atoms with E-state index in [4.69, 9.17) is 0 Å². The fourth-order valence-electron chi connectivity index (χ4n) is 0.931. The van der Waals surface area contributed by atoms with Gasteiger partial charge in [0.05, 0.1) is 0 Å². The van der Waals surface area contributed by atoms with Crippen molar-refractivity contribution in [1.82, 2.24) is 4.90 Å². The Labute approximate surface area is 121 Å². The van der Waals surface area contributed by atoms with Crippen LogP contribution in [0.1, 0.15) is 0 Å². The minimum absolute atomic E-state index is 0. The van der Waals surface area contributed by atoms with E-state index in [9.17, 15) is 22.5 Å². The SMILES string of the molecule is O=C1COCC(=O)N1C[B-](F)(F)F.[K+]. The summed E-state index contributed by atoms with van der Waals surface area (Å²) in [4.78, 5) is 21.7. The number of carbonyl (C=O) groups excluding carboxylic acids is 2. The van der Waals surface area contributed by atoms with Gasteiger partial charge in [0.1, 0.15) is 13.2 Å². The number of halogens is 3. The molecule has 0 radical (unpaired) electrons. The van der Waals surface area contributed by atoms with E-state index in [-0.39, 0.29) is 56.3 Å². The van der Waals surface area contributed by atoms with E-state index in [0.29, 0.717) is 0 Å². The molecule has 1 rings (SSSR count). The molecule has 0 aromatic carbocycles. The molecule has 0 aromatic rings. The first-order valence-electron chi connectivity index (χ1n) is 3.52. The summed E-state index contributed by atoms with van der Waals surface area (Å²) in [5, 5.41) is 0. The van der Waals surface area contributed by atoms with Crippen LogP contribution in [0.25, 0.3) is 0 Å². The third kappa shape index (κ3) is 4.41. The summed E-state index contributed by atoms with van der Waals surface area (Å²) in [7, 11) is 0. The molecular weight excluding hydrogens is 229 g/mol. The van der Waals surface area contributed by atoms with E-state index in [0.717, 1.165) is 0 Å². The van der Waals surface area contributed by atoms with Gasteiger partial charge in [0, 0.05) is 0 Å². The fourth-order valence-corrected chi connectivity index (χ4v) is 0.931. The first-order chi connectivity index (χ1) is 5.90. The molecule has 14 heavy (non-hydrogen) atoms. The topological polar surface area (TPSA) is 46.6 Å². The van der Waals surface area contributed by atoms with E-state index in [2.05, 4.69) is 4.74 Å². The van der Waals surface area contributed by atoms with Gasteiger partial charge in [-0.25, -0.2) is 0 Å². The second-order valence-corrected chi connectivity index (χ2v) is 2.60. The van der Waals surface area contributed by atoms with Gasteiger partial charge in [-0.3, -0.25) is 9.59 Å². The van der Waals surface area contributed by atoms with Gasteiger partial charge in [0.2, 0.25) is 0 Å². The van der Waals surface area contributed by atoms with Crippen molar-refractivity contribution < 1.29 is 78.7 Å². The predicted octanol–water partition coefficient (Wildman–Crippen LogP) is -3.24. The average molecular weight is 235 g/mol. The molecule has 0 bridgehead atoms. The standard InChI is InChI=1S/C5H6BF3NO3.K/c7-6(8,9)3-10-4(11)1-13-2-5(10)12;/h1-3H2;/q-1;+1. The molecule has 4 nitrogen and oxygen atoms in total. The number of carbonyl (C=O) groups is 2.